The van der Waals surface area contributed by atoms with Crippen molar-refractivity contribution in [3.63, 3.8) is 0 Å². The molecule has 1 aliphatic carbocycles. The van der Waals surface area contributed by atoms with Gasteiger partial charge in [-0.15, -0.1) is 11.8 Å². The highest BCUT2D eigenvalue weighted by atomic mass is 32.2. The van der Waals surface area contributed by atoms with Crippen LogP contribution in [0.1, 0.15) is 41.5 Å². The predicted molar refractivity (Wildman–Crippen MR) is 151 cm³/mol. The Balaban J connectivity index is 1.42. The monoisotopic (exact) mass is 576 g/mol. The van der Waals surface area contributed by atoms with Crippen molar-refractivity contribution in [2.24, 2.45) is 0 Å². The number of thioether (sulfide) groups is 1. The molecule has 1 fully saturated rings. The molecule has 208 valence electrons. The highest BCUT2D eigenvalue weighted by Crippen LogP contribution is 2.51. The molecule has 5 aromatic rings. The minimum atomic E-state index is -4.54. The normalized spacial score (nSPS) is 16.8. The molecule has 1 unspecified atom stereocenters. The second kappa shape index (κ2) is 9.41. The fourth-order valence-corrected chi connectivity index (χ4v) is 7.03. The number of hydrogen-bond donors (Lipinski definition) is 2. The van der Waals surface area contributed by atoms with E-state index in [9.17, 15) is 27.9 Å². The van der Waals surface area contributed by atoms with Crippen molar-refractivity contribution in [1.29, 1.82) is 0 Å². The molecule has 4 heterocycles. The number of benzene rings is 2. The van der Waals surface area contributed by atoms with Gasteiger partial charge in [0.2, 0.25) is 0 Å². The second-order valence-electron chi connectivity index (χ2n) is 10.4. The maximum Gasteiger partial charge on any atom is 0.416 e. The number of halogens is 3. The van der Waals surface area contributed by atoms with Crippen molar-refractivity contribution >= 4 is 40.0 Å². The van der Waals surface area contributed by atoms with E-state index in [0.29, 0.717) is 28.6 Å². The van der Waals surface area contributed by atoms with E-state index >= 15 is 0 Å². The van der Waals surface area contributed by atoms with Crippen molar-refractivity contribution in [3.8, 4) is 11.3 Å². The van der Waals surface area contributed by atoms with Gasteiger partial charge in [-0.1, -0.05) is 42.5 Å². The Morgan fingerprint density at radius 1 is 1.10 bits per heavy atom. The zero-order valence-corrected chi connectivity index (χ0v) is 22.3. The molecule has 7 rings (SSSR count). The highest BCUT2D eigenvalue weighted by Gasteiger charge is 2.39. The summed E-state index contributed by atoms with van der Waals surface area (Å²) in [6.45, 7) is 0.363. The third kappa shape index (κ3) is 4.35. The molecule has 3 aromatic heterocycles. The van der Waals surface area contributed by atoms with Crippen molar-refractivity contribution in [3.05, 3.63) is 93.9 Å². The number of alkyl halides is 3. The number of hydrogen-bond acceptors (Lipinski definition) is 5. The van der Waals surface area contributed by atoms with Crippen molar-refractivity contribution in [2.45, 2.75) is 42.5 Å². The molecule has 1 atom stereocenters. The van der Waals surface area contributed by atoms with Crippen molar-refractivity contribution in [1.82, 2.24) is 14.0 Å². The smallest absolute Gasteiger partial charge is 0.416 e. The summed E-state index contributed by atoms with van der Waals surface area (Å²) < 4.78 is 43.7. The predicted octanol–water partition coefficient (Wildman–Crippen LogP) is 6.56. The molecule has 1 aliphatic heterocycles. The summed E-state index contributed by atoms with van der Waals surface area (Å²) in [5.74, 6) is -0.253. The van der Waals surface area contributed by atoms with Crippen LogP contribution in [0.25, 0.3) is 27.7 Å². The Labute approximate surface area is 235 Å². The Morgan fingerprint density at radius 3 is 2.63 bits per heavy atom. The number of aromatic nitrogens is 3. The first kappa shape index (κ1) is 25.7. The van der Waals surface area contributed by atoms with Gasteiger partial charge in [-0.2, -0.15) is 13.2 Å². The molecule has 0 amide bonds. The largest absolute Gasteiger partial charge is 0.480 e. The Morgan fingerprint density at radius 2 is 1.88 bits per heavy atom. The van der Waals surface area contributed by atoms with E-state index in [1.54, 1.807) is 4.40 Å². The Kier molecular flexibility index (Phi) is 5.90. The lowest BCUT2D eigenvalue weighted by Crippen LogP contribution is -2.29. The number of carbonyl (C=O) groups is 1. The molecule has 11 heteroatoms. The number of carboxylic acids is 1. The molecule has 2 aliphatic rings. The molecule has 0 saturated heterocycles. The van der Waals surface area contributed by atoms with Crippen LogP contribution >= 0.6 is 11.8 Å². The lowest BCUT2D eigenvalue weighted by atomic mass is 10.0. The number of aliphatic carboxylic acids is 1. The molecule has 41 heavy (non-hydrogen) atoms. The summed E-state index contributed by atoms with van der Waals surface area (Å²) in [5.41, 5.74) is 1.53. The van der Waals surface area contributed by atoms with Gasteiger partial charge in [0.1, 0.15) is 23.2 Å². The molecule has 0 bridgehead atoms. The van der Waals surface area contributed by atoms with Crippen LogP contribution in [0, 0.1) is 0 Å². The lowest BCUT2D eigenvalue weighted by molar-refractivity contribution is -0.140. The number of imidazole rings is 1. The second-order valence-corrected chi connectivity index (χ2v) is 11.4. The van der Waals surface area contributed by atoms with Crippen LogP contribution in [-0.4, -0.2) is 30.8 Å². The maximum atomic E-state index is 13.6. The molecule has 1 saturated carbocycles. The highest BCUT2D eigenvalue weighted by molar-refractivity contribution is 7.99. The van der Waals surface area contributed by atoms with Crippen LogP contribution in [0.2, 0.25) is 0 Å². The van der Waals surface area contributed by atoms with Crippen LogP contribution in [-0.2, 0) is 17.5 Å². The fraction of sp³-hybridized carbons (Fsp3) is 0.233. The average molecular weight is 577 g/mol. The van der Waals surface area contributed by atoms with E-state index in [0.717, 1.165) is 46.9 Å². The average Bonchev–Trinajstić information content (AvgIpc) is 3.56. The van der Waals surface area contributed by atoms with Gasteiger partial charge in [0.15, 0.2) is 0 Å². The third-order valence-electron chi connectivity index (χ3n) is 7.74. The molecule has 2 N–H and O–H groups in total. The number of pyridine rings is 2. The van der Waals surface area contributed by atoms with Gasteiger partial charge in [0.05, 0.1) is 10.6 Å². The fourth-order valence-electron chi connectivity index (χ4n) is 5.64. The van der Waals surface area contributed by atoms with E-state index in [1.165, 1.54) is 28.6 Å². The summed E-state index contributed by atoms with van der Waals surface area (Å²) >= 11 is 1.33. The van der Waals surface area contributed by atoms with Gasteiger partial charge < -0.3 is 10.4 Å². The number of rotatable bonds is 6. The minimum Gasteiger partial charge on any atom is -0.480 e. The van der Waals surface area contributed by atoms with Crippen LogP contribution in [0.3, 0.4) is 0 Å². The summed E-state index contributed by atoms with van der Waals surface area (Å²) in [4.78, 5) is 29.9. The number of nitrogens with zero attached hydrogens (tertiary/aromatic N) is 3. The summed E-state index contributed by atoms with van der Waals surface area (Å²) in [5, 5.41) is 15.8. The first-order valence-electron chi connectivity index (χ1n) is 13.2. The van der Waals surface area contributed by atoms with E-state index in [-0.39, 0.29) is 17.3 Å². The van der Waals surface area contributed by atoms with Gasteiger partial charge in [0.25, 0.3) is 5.56 Å². The summed E-state index contributed by atoms with van der Waals surface area (Å²) in [6, 6.07) is 16.3. The van der Waals surface area contributed by atoms with Gasteiger partial charge in [-0.25, -0.2) is 9.78 Å². The van der Waals surface area contributed by atoms with E-state index in [2.05, 4.69) is 10.3 Å². The molecule has 0 spiro atoms. The minimum absolute atomic E-state index is 0.0913. The third-order valence-corrected chi connectivity index (χ3v) is 8.91. The number of anilines is 1. The quantitative estimate of drug-likeness (QED) is 0.238. The first-order chi connectivity index (χ1) is 19.7. The first-order valence-corrected chi connectivity index (χ1v) is 14.1. The standard InChI is InChI=1S/C30H23F3N4O3S/c31-30(32,33)19-10-11-36-23(12-19)35-26(27(36)34-14-18-6-3-5-16-4-1-2-7-20(16)18)21-13-24(38)37-22(29(39)40)15-41-28(37)25(21)17-8-9-17/h1-7,10-13,17,22,34H,8-9,14-15H2,(H,39,40). The Hall–Kier alpha value is -4.25. The van der Waals surface area contributed by atoms with E-state index in [1.807, 2.05) is 42.5 Å². The van der Waals surface area contributed by atoms with Gasteiger partial charge in [0, 0.05) is 30.1 Å². The van der Waals surface area contributed by atoms with E-state index < -0.39 is 29.3 Å². The van der Waals surface area contributed by atoms with Crippen molar-refractivity contribution < 1.29 is 23.1 Å². The summed E-state index contributed by atoms with van der Waals surface area (Å²) in [7, 11) is 0. The maximum absolute atomic E-state index is 13.6. The van der Waals surface area contributed by atoms with Crippen LogP contribution < -0.4 is 10.9 Å². The summed E-state index contributed by atoms with van der Waals surface area (Å²) in [6.07, 6.45) is -1.45. The Bertz CT molecular complexity index is 1920. The van der Waals surface area contributed by atoms with Gasteiger partial charge >= 0.3 is 12.1 Å². The number of carboxylic acid groups (broad SMARTS) is 1. The van der Waals surface area contributed by atoms with Gasteiger partial charge in [-0.3, -0.25) is 13.8 Å². The van der Waals surface area contributed by atoms with Crippen LogP contribution in [0.15, 0.2) is 76.7 Å². The molecule has 0 radical (unpaired) electrons. The molecular formula is C30H23F3N4O3S. The molecule has 2 aromatic carbocycles. The zero-order chi connectivity index (χ0) is 28.5. The topological polar surface area (TPSA) is 88.6 Å². The zero-order valence-electron chi connectivity index (χ0n) is 21.5. The lowest BCUT2D eigenvalue weighted by Gasteiger charge is -2.17. The SMILES string of the molecule is O=C(O)C1CSc2c(C3CC3)c(-c3nc4cc(C(F)(F)F)ccn4c3NCc3cccc4ccccc34)cc(=O)n21. The number of nitrogens with one attached hydrogen (secondary N) is 1. The molecular weight excluding hydrogens is 553 g/mol. The molecule has 7 nitrogen and oxygen atoms in total. The van der Waals surface area contributed by atoms with E-state index in [4.69, 9.17) is 0 Å². The number of fused-ring (bicyclic) bond motifs is 3. The van der Waals surface area contributed by atoms with Crippen molar-refractivity contribution in [2.75, 3.05) is 11.1 Å². The van der Waals surface area contributed by atoms with Crippen LogP contribution in [0.5, 0.6) is 0 Å². The van der Waals surface area contributed by atoms with Crippen LogP contribution in [0.4, 0.5) is 19.0 Å². The van der Waals surface area contributed by atoms with Gasteiger partial charge in [-0.05, 0) is 52.8 Å².